The zero-order valence-electron chi connectivity index (χ0n) is 20.8. The molecular formula is C27H24ClF3N6OS. The van der Waals surface area contributed by atoms with E-state index >= 15 is 0 Å². The molecule has 0 saturated carbocycles. The lowest BCUT2D eigenvalue weighted by Gasteiger charge is -2.38. The molecule has 0 bridgehead atoms. The lowest BCUT2D eigenvalue weighted by Crippen LogP contribution is -2.55. The number of amides is 1. The molecule has 0 radical (unpaired) electrons. The van der Waals surface area contributed by atoms with Gasteiger partial charge < -0.3 is 20.0 Å². The maximum atomic E-state index is 13.5. The van der Waals surface area contributed by atoms with Gasteiger partial charge in [-0.05, 0) is 42.5 Å². The fraction of sp³-hybridized carbons (Fsp3) is 0.259. The Morgan fingerprint density at radius 2 is 1.77 bits per heavy atom. The van der Waals surface area contributed by atoms with Crippen LogP contribution in [-0.2, 0) is 11.0 Å². The van der Waals surface area contributed by atoms with Gasteiger partial charge >= 0.3 is 6.18 Å². The number of fused-ring (bicyclic) bond motifs is 1. The van der Waals surface area contributed by atoms with Gasteiger partial charge in [-0.3, -0.25) is 4.79 Å². The van der Waals surface area contributed by atoms with Crippen LogP contribution < -0.4 is 15.1 Å². The maximum Gasteiger partial charge on any atom is 0.419 e. The van der Waals surface area contributed by atoms with E-state index in [2.05, 4.69) is 10.3 Å². The largest absolute Gasteiger partial charge is 0.419 e. The molecule has 2 aliphatic rings. The predicted molar refractivity (Wildman–Crippen MR) is 149 cm³/mol. The number of thiocarbonyl (C=S) groups is 1. The first-order valence-electron chi connectivity index (χ1n) is 12.2. The summed E-state index contributed by atoms with van der Waals surface area (Å²) in [6.07, 6.45) is -4.17. The summed E-state index contributed by atoms with van der Waals surface area (Å²) in [4.78, 5) is 27.2. The van der Waals surface area contributed by atoms with Gasteiger partial charge in [0.05, 0.1) is 17.0 Å². The Morgan fingerprint density at radius 3 is 2.46 bits per heavy atom. The van der Waals surface area contributed by atoms with Gasteiger partial charge in [0.2, 0.25) is 6.17 Å². The number of halogens is 4. The molecule has 3 aromatic rings. The molecule has 0 spiro atoms. The molecule has 1 aromatic heterocycles. The quantitative estimate of drug-likeness (QED) is 0.463. The van der Waals surface area contributed by atoms with Crippen molar-refractivity contribution in [3.63, 3.8) is 0 Å². The van der Waals surface area contributed by atoms with Gasteiger partial charge in [0, 0.05) is 55.6 Å². The average molecular weight is 573 g/mol. The van der Waals surface area contributed by atoms with Crippen molar-refractivity contribution < 1.29 is 18.0 Å². The van der Waals surface area contributed by atoms with E-state index in [0.29, 0.717) is 40.2 Å². The topological polar surface area (TPSA) is 64.1 Å². The fourth-order valence-electron chi connectivity index (χ4n) is 4.67. The number of rotatable bonds is 3. The monoisotopic (exact) mass is 572 g/mol. The second-order valence-electron chi connectivity index (χ2n) is 9.10. The molecular weight excluding hydrogens is 549 g/mol. The van der Waals surface area contributed by atoms with Crippen molar-refractivity contribution in [2.24, 2.45) is 4.99 Å². The Morgan fingerprint density at radius 1 is 1.05 bits per heavy atom. The van der Waals surface area contributed by atoms with E-state index in [4.69, 9.17) is 28.8 Å². The number of alkyl halides is 3. The van der Waals surface area contributed by atoms with E-state index in [-0.39, 0.29) is 24.8 Å². The van der Waals surface area contributed by atoms with Crippen molar-refractivity contribution in [2.45, 2.75) is 12.3 Å². The minimum atomic E-state index is -4.50. The van der Waals surface area contributed by atoms with Crippen molar-refractivity contribution in [1.82, 2.24) is 15.2 Å². The Hall–Kier alpha value is -3.70. The molecule has 12 heteroatoms. The number of hydrogen-bond acceptors (Lipinski definition) is 5. The molecule has 0 aliphatic carbocycles. The molecule has 1 atom stereocenters. The Kier molecular flexibility index (Phi) is 7.46. The number of aromatic nitrogens is 1. The SMILES string of the molecule is CN1C(=O)C(NC(=S)N2CCN(c3ncccc3C(F)(F)F)CC2)N=C(c2ccccc2)c2cc(Cl)ccc21. The molecule has 39 heavy (non-hydrogen) atoms. The van der Waals surface area contributed by atoms with Crippen molar-refractivity contribution in [3.05, 3.63) is 88.6 Å². The van der Waals surface area contributed by atoms with Gasteiger partial charge in [-0.1, -0.05) is 41.9 Å². The second kappa shape index (κ2) is 10.8. The molecule has 5 rings (SSSR count). The summed E-state index contributed by atoms with van der Waals surface area (Å²) in [6.45, 7) is 1.26. The highest BCUT2D eigenvalue weighted by atomic mass is 35.5. The number of anilines is 2. The van der Waals surface area contributed by atoms with Crippen LogP contribution in [0.1, 0.15) is 16.7 Å². The number of carbonyl (C=O) groups excluding carboxylic acids is 1. The van der Waals surface area contributed by atoms with E-state index in [1.165, 1.54) is 17.2 Å². The van der Waals surface area contributed by atoms with Gasteiger partial charge in [0.15, 0.2) is 5.11 Å². The number of hydrogen-bond donors (Lipinski definition) is 1. The number of piperazine rings is 1. The number of nitrogens with one attached hydrogen (secondary N) is 1. The molecule has 1 N–H and O–H groups in total. The predicted octanol–water partition coefficient (Wildman–Crippen LogP) is 4.59. The van der Waals surface area contributed by atoms with Crippen LogP contribution in [0.2, 0.25) is 5.02 Å². The number of benzodiazepines with no additional fused rings is 1. The maximum absolute atomic E-state index is 13.5. The van der Waals surface area contributed by atoms with E-state index < -0.39 is 17.9 Å². The van der Waals surface area contributed by atoms with Crippen LogP contribution in [-0.4, -0.2) is 66.0 Å². The Labute approximate surface area is 233 Å². The highest BCUT2D eigenvalue weighted by molar-refractivity contribution is 7.80. The van der Waals surface area contributed by atoms with Crippen LogP contribution in [0.25, 0.3) is 0 Å². The first-order valence-corrected chi connectivity index (χ1v) is 13.0. The summed E-state index contributed by atoms with van der Waals surface area (Å²) >= 11 is 11.9. The van der Waals surface area contributed by atoms with Crippen LogP contribution in [0.4, 0.5) is 24.7 Å². The van der Waals surface area contributed by atoms with Crippen LogP contribution in [0, 0.1) is 0 Å². The van der Waals surface area contributed by atoms with Crippen LogP contribution >= 0.6 is 23.8 Å². The normalized spacial score (nSPS) is 17.9. The summed E-state index contributed by atoms with van der Waals surface area (Å²) < 4.78 is 40.4. The smallest absolute Gasteiger partial charge is 0.353 e. The highest BCUT2D eigenvalue weighted by Gasteiger charge is 2.37. The average Bonchev–Trinajstić information content (AvgIpc) is 3.03. The van der Waals surface area contributed by atoms with E-state index in [0.717, 1.165) is 11.6 Å². The van der Waals surface area contributed by atoms with Gasteiger partial charge in [-0.25, -0.2) is 9.98 Å². The number of benzene rings is 2. The van der Waals surface area contributed by atoms with Gasteiger partial charge in [0.1, 0.15) is 5.82 Å². The fourth-order valence-corrected chi connectivity index (χ4v) is 5.13. The molecule has 1 fully saturated rings. The lowest BCUT2D eigenvalue weighted by atomic mass is 10.0. The minimum Gasteiger partial charge on any atom is -0.353 e. The molecule has 7 nitrogen and oxygen atoms in total. The van der Waals surface area contributed by atoms with Crippen LogP contribution in [0.5, 0.6) is 0 Å². The van der Waals surface area contributed by atoms with Crippen LogP contribution in [0.3, 0.4) is 0 Å². The van der Waals surface area contributed by atoms with E-state index in [9.17, 15) is 18.0 Å². The minimum absolute atomic E-state index is 0.0994. The molecule has 3 heterocycles. The zero-order valence-corrected chi connectivity index (χ0v) is 22.4. The van der Waals surface area contributed by atoms with E-state index in [1.807, 2.05) is 35.2 Å². The summed E-state index contributed by atoms with van der Waals surface area (Å²) in [5.41, 5.74) is 2.00. The molecule has 2 aromatic carbocycles. The molecule has 1 amide bonds. The lowest BCUT2D eigenvalue weighted by molar-refractivity contribution is -0.137. The number of aliphatic imine (C=N–C) groups is 1. The molecule has 2 aliphatic heterocycles. The van der Waals surface area contributed by atoms with Crippen molar-refractivity contribution in [3.8, 4) is 0 Å². The van der Waals surface area contributed by atoms with Gasteiger partial charge in [-0.2, -0.15) is 13.2 Å². The summed E-state index contributed by atoms with van der Waals surface area (Å²) in [5, 5.41) is 3.88. The summed E-state index contributed by atoms with van der Waals surface area (Å²) in [5.74, 6) is -0.411. The number of carbonyl (C=O) groups is 1. The van der Waals surface area contributed by atoms with Gasteiger partial charge in [0.25, 0.3) is 5.91 Å². The van der Waals surface area contributed by atoms with E-state index in [1.54, 1.807) is 30.1 Å². The Balaban J connectivity index is 1.36. The molecule has 1 unspecified atom stereocenters. The summed E-state index contributed by atoms with van der Waals surface area (Å²) in [6, 6.07) is 17.1. The van der Waals surface area contributed by atoms with Gasteiger partial charge in [-0.15, -0.1) is 0 Å². The third-order valence-electron chi connectivity index (χ3n) is 6.66. The van der Waals surface area contributed by atoms with Crippen LogP contribution in [0.15, 0.2) is 71.9 Å². The third-order valence-corrected chi connectivity index (χ3v) is 7.27. The zero-order chi connectivity index (χ0) is 27.7. The first kappa shape index (κ1) is 26.9. The van der Waals surface area contributed by atoms with Crippen molar-refractivity contribution in [2.75, 3.05) is 43.0 Å². The standard InChI is InChI=1S/C27H24ClF3N6OS/c1-35-21-10-9-18(28)16-19(21)22(17-6-3-2-4-7-17)33-23(25(35)38)34-26(39)37-14-12-36(13-15-37)24-20(27(29,30)31)8-5-11-32-24/h2-11,16,23H,12-15H2,1H3,(H,34,39). The number of likely N-dealkylation sites (N-methyl/N-ethyl adjacent to an activating group) is 1. The second-order valence-corrected chi connectivity index (χ2v) is 9.92. The Bertz CT molecular complexity index is 1430. The third kappa shape index (κ3) is 5.55. The molecule has 1 saturated heterocycles. The number of nitrogens with zero attached hydrogens (tertiary/aromatic N) is 5. The summed E-state index contributed by atoms with van der Waals surface area (Å²) in [7, 11) is 1.67. The van der Waals surface area contributed by atoms with Crippen molar-refractivity contribution >= 4 is 52.1 Å². The highest BCUT2D eigenvalue weighted by Crippen LogP contribution is 2.35. The van der Waals surface area contributed by atoms with Crippen molar-refractivity contribution in [1.29, 1.82) is 0 Å². The number of pyridine rings is 1. The first-order chi connectivity index (χ1) is 18.6. The molecule has 202 valence electrons.